The number of benzene rings is 1. The third-order valence-electron chi connectivity index (χ3n) is 2.90. The lowest BCUT2D eigenvalue weighted by atomic mass is 10.2. The number of carbonyl (C=O) groups is 2. The lowest BCUT2D eigenvalue weighted by molar-refractivity contribution is 0.0525. The normalized spacial score (nSPS) is 11.0. The van der Waals surface area contributed by atoms with E-state index in [4.69, 9.17) is 9.47 Å². The van der Waals surface area contributed by atoms with Crippen LogP contribution in [0.1, 0.15) is 50.9 Å². The van der Waals surface area contributed by atoms with Crippen LogP contribution >= 0.6 is 11.8 Å². The topological polar surface area (TPSA) is 84.9 Å². The number of hydrogen-bond donors (Lipinski definition) is 2. The molecule has 0 aliphatic rings. The molecule has 2 N–H and O–H groups in total. The molecule has 0 bridgehead atoms. The van der Waals surface area contributed by atoms with Crippen molar-refractivity contribution in [1.82, 2.24) is 5.32 Å². The predicted molar refractivity (Wildman–Crippen MR) is 98.8 cm³/mol. The molecule has 1 aromatic carbocycles. The van der Waals surface area contributed by atoms with E-state index < -0.39 is 17.7 Å². The van der Waals surface area contributed by atoms with E-state index in [9.17, 15) is 14.7 Å². The number of amides is 1. The number of rotatable bonds is 9. The second-order valence-corrected chi connectivity index (χ2v) is 7.61. The Balaban J connectivity index is 2.49. The third-order valence-corrected chi connectivity index (χ3v) is 4.10. The van der Waals surface area contributed by atoms with Gasteiger partial charge in [0.15, 0.2) is 0 Å². The van der Waals surface area contributed by atoms with Gasteiger partial charge >= 0.3 is 12.1 Å². The molecule has 0 unspecified atom stereocenters. The van der Waals surface area contributed by atoms with Crippen molar-refractivity contribution in [3.8, 4) is 5.75 Å². The van der Waals surface area contributed by atoms with E-state index in [0.717, 1.165) is 17.1 Å². The highest BCUT2D eigenvalue weighted by Crippen LogP contribution is 2.27. The number of ether oxygens (including phenoxy) is 2. The molecule has 0 fully saturated rings. The fraction of sp³-hybridized carbons (Fsp3) is 0.556. The first-order valence-electron chi connectivity index (χ1n) is 8.32. The summed E-state index contributed by atoms with van der Waals surface area (Å²) in [5.41, 5.74) is -0.394. The van der Waals surface area contributed by atoms with Crippen LogP contribution < -0.4 is 10.1 Å². The summed E-state index contributed by atoms with van der Waals surface area (Å²) in [6.45, 7) is 8.18. The zero-order valence-electron chi connectivity index (χ0n) is 15.3. The van der Waals surface area contributed by atoms with Crippen molar-refractivity contribution in [2.45, 2.75) is 51.0 Å². The first-order chi connectivity index (χ1) is 11.7. The van der Waals surface area contributed by atoms with Crippen molar-refractivity contribution in [3.63, 3.8) is 0 Å². The molecular formula is C18H27NO5S. The molecule has 0 saturated carbocycles. The molecule has 0 radical (unpaired) electrons. The molecule has 0 heterocycles. The van der Waals surface area contributed by atoms with Crippen molar-refractivity contribution < 1.29 is 24.2 Å². The van der Waals surface area contributed by atoms with Crippen LogP contribution in [0.25, 0.3) is 0 Å². The van der Waals surface area contributed by atoms with Gasteiger partial charge in [-0.05, 0) is 57.6 Å². The van der Waals surface area contributed by atoms with Gasteiger partial charge < -0.3 is 19.9 Å². The summed E-state index contributed by atoms with van der Waals surface area (Å²) in [4.78, 5) is 23.8. The van der Waals surface area contributed by atoms with Gasteiger partial charge in [-0.25, -0.2) is 9.59 Å². The maximum Gasteiger partial charge on any atom is 0.407 e. The molecule has 0 aliphatic heterocycles. The summed E-state index contributed by atoms with van der Waals surface area (Å²) in [6, 6.07) is 5.11. The van der Waals surface area contributed by atoms with Crippen molar-refractivity contribution in [2.24, 2.45) is 0 Å². The average molecular weight is 369 g/mol. The molecule has 0 spiro atoms. The highest BCUT2D eigenvalue weighted by molar-refractivity contribution is 7.99. The summed E-state index contributed by atoms with van der Waals surface area (Å²) in [7, 11) is 0. The second-order valence-electron chi connectivity index (χ2n) is 6.44. The minimum absolute atomic E-state index is 0.140. The number of thioether (sulfide) groups is 1. The Morgan fingerprint density at radius 2 is 2.00 bits per heavy atom. The highest BCUT2D eigenvalue weighted by atomic mass is 32.2. The van der Waals surface area contributed by atoms with E-state index in [1.807, 2.05) is 0 Å². The molecule has 0 atom stereocenters. The lowest BCUT2D eigenvalue weighted by Gasteiger charge is -2.19. The first-order valence-corrected chi connectivity index (χ1v) is 9.31. The van der Waals surface area contributed by atoms with Crippen LogP contribution in [-0.4, -0.2) is 41.7 Å². The summed E-state index contributed by atoms with van der Waals surface area (Å²) < 4.78 is 10.8. The van der Waals surface area contributed by atoms with Crippen LogP contribution in [0.5, 0.6) is 5.75 Å². The number of nitrogens with one attached hydrogen (secondary N) is 1. The molecule has 7 heteroatoms. The molecule has 1 amide bonds. The van der Waals surface area contributed by atoms with Gasteiger partial charge in [-0.1, -0.05) is 6.92 Å². The van der Waals surface area contributed by atoms with E-state index in [-0.39, 0.29) is 5.56 Å². The van der Waals surface area contributed by atoms with Gasteiger partial charge in [-0.2, -0.15) is 0 Å². The monoisotopic (exact) mass is 369 g/mol. The minimum Gasteiger partial charge on any atom is -0.493 e. The third kappa shape index (κ3) is 8.67. The average Bonchev–Trinajstić information content (AvgIpc) is 2.50. The van der Waals surface area contributed by atoms with Crippen LogP contribution in [0.4, 0.5) is 4.79 Å². The van der Waals surface area contributed by atoms with E-state index in [1.54, 1.807) is 50.7 Å². The maximum absolute atomic E-state index is 11.5. The molecule has 0 aliphatic carbocycles. The number of hydrogen-bond acceptors (Lipinski definition) is 5. The molecule has 1 aromatic rings. The van der Waals surface area contributed by atoms with Gasteiger partial charge in [0.2, 0.25) is 0 Å². The van der Waals surface area contributed by atoms with Crippen LogP contribution in [0, 0.1) is 0 Å². The first kappa shape index (κ1) is 21.2. The van der Waals surface area contributed by atoms with E-state index in [2.05, 4.69) is 12.2 Å². The standard InChI is InChI=1S/C18H27NO5S/c1-5-11-25-13-7-8-14(16(20)21)15(12-13)23-10-6-9-19-17(22)24-18(2,3)4/h7-8,12H,5-6,9-11H2,1-4H3,(H,19,22)(H,20,21). The molecule has 140 valence electrons. The number of carbonyl (C=O) groups excluding carboxylic acids is 1. The zero-order valence-corrected chi connectivity index (χ0v) is 16.1. The van der Waals surface area contributed by atoms with Gasteiger partial charge in [0.25, 0.3) is 0 Å². The minimum atomic E-state index is -1.02. The number of aromatic carboxylic acids is 1. The Bertz CT molecular complexity index is 583. The number of carboxylic acids is 1. The van der Waals surface area contributed by atoms with Crippen LogP contribution in [0.3, 0.4) is 0 Å². The molecule has 0 aromatic heterocycles. The van der Waals surface area contributed by atoms with Crippen LogP contribution in [0.2, 0.25) is 0 Å². The Labute approximate surface area is 153 Å². The fourth-order valence-corrected chi connectivity index (χ4v) is 2.66. The van der Waals surface area contributed by atoms with E-state index in [1.165, 1.54) is 0 Å². The lowest BCUT2D eigenvalue weighted by Crippen LogP contribution is -2.33. The van der Waals surface area contributed by atoms with E-state index >= 15 is 0 Å². The van der Waals surface area contributed by atoms with E-state index in [0.29, 0.717) is 25.3 Å². The van der Waals surface area contributed by atoms with Gasteiger partial charge in [0.1, 0.15) is 16.9 Å². The summed E-state index contributed by atoms with van der Waals surface area (Å²) in [6.07, 6.45) is 1.11. The van der Waals surface area contributed by atoms with Crippen LogP contribution in [-0.2, 0) is 4.74 Å². The van der Waals surface area contributed by atoms with Crippen LogP contribution in [0.15, 0.2) is 23.1 Å². The molecule has 0 saturated heterocycles. The summed E-state index contributed by atoms with van der Waals surface area (Å²) in [5, 5.41) is 11.9. The Morgan fingerprint density at radius 3 is 2.60 bits per heavy atom. The number of alkyl carbamates (subject to hydrolysis) is 1. The van der Waals surface area contributed by atoms with Crippen molar-refractivity contribution >= 4 is 23.8 Å². The Hall–Kier alpha value is -1.89. The molecule has 6 nitrogen and oxygen atoms in total. The highest BCUT2D eigenvalue weighted by Gasteiger charge is 2.16. The molecule has 25 heavy (non-hydrogen) atoms. The number of carboxylic acid groups (broad SMARTS) is 1. The smallest absolute Gasteiger partial charge is 0.407 e. The SMILES string of the molecule is CCCSc1ccc(C(=O)O)c(OCCCNC(=O)OC(C)(C)C)c1. The summed E-state index contributed by atoms with van der Waals surface area (Å²) in [5.74, 6) is 0.297. The zero-order chi connectivity index (χ0) is 18.9. The van der Waals surface area contributed by atoms with Crippen molar-refractivity contribution in [3.05, 3.63) is 23.8 Å². The Morgan fingerprint density at radius 1 is 1.28 bits per heavy atom. The molecule has 1 rings (SSSR count). The second kappa shape index (κ2) is 10.2. The largest absolute Gasteiger partial charge is 0.493 e. The quantitative estimate of drug-likeness (QED) is 0.502. The maximum atomic E-state index is 11.5. The fourth-order valence-electron chi connectivity index (χ4n) is 1.87. The van der Waals surface area contributed by atoms with Gasteiger partial charge in [-0.3, -0.25) is 0 Å². The van der Waals surface area contributed by atoms with Crippen molar-refractivity contribution in [2.75, 3.05) is 18.9 Å². The predicted octanol–water partition coefficient (Wildman–Crippen LogP) is 4.18. The van der Waals surface area contributed by atoms with Crippen molar-refractivity contribution in [1.29, 1.82) is 0 Å². The Kier molecular flexibility index (Phi) is 8.61. The molecular weight excluding hydrogens is 342 g/mol. The van der Waals surface area contributed by atoms with Gasteiger partial charge in [-0.15, -0.1) is 11.8 Å². The van der Waals surface area contributed by atoms with Gasteiger partial charge in [0, 0.05) is 11.4 Å². The van der Waals surface area contributed by atoms with Gasteiger partial charge in [0.05, 0.1) is 6.61 Å². The summed E-state index contributed by atoms with van der Waals surface area (Å²) >= 11 is 1.66.